The number of nitrogens with zero attached hydrogens (tertiary/aromatic N) is 2. The maximum atomic E-state index is 12.2. The minimum Gasteiger partial charge on any atom is -0.465 e. The molecule has 1 amide bonds. The summed E-state index contributed by atoms with van der Waals surface area (Å²) >= 11 is 0. The zero-order valence-electron chi connectivity index (χ0n) is 13.4. The summed E-state index contributed by atoms with van der Waals surface area (Å²) in [5.74, 6) is -0.777. The number of esters is 1. The Balaban J connectivity index is 2.09. The third-order valence-corrected chi connectivity index (χ3v) is 4.23. The Hall–Kier alpha value is -3.47. The number of carbonyl (C=O) groups excluding carboxylic acids is 2. The fraction of sp³-hybridized carbons (Fsp3) is 0.0500. The van der Waals surface area contributed by atoms with Crippen LogP contribution in [-0.2, 0) is 9.53 Å². The third-order valence-electron chi connectivity index (χ3n) is 4.23. The molecule has 2 heterocycles. The lowest BCUT2D eigenvalue weighted by molar-refractivity contribution is -0.114. The van der Waals surface area contributed by atoms with Crippen LogP contribution >= 0.6 is 0 Å². The van der Waals surface area contributed by atoms with E-state index in [0.717, 1.165) is 27.1 Å². The highest BCUT2D eigenvalue weighted by molar-refractivity contribution is 6.10. The van der Waals surface area contributed by atoms with Gasteiger partial charge in [-0.3, -0.25) is 9.78 Å². The lowest BCUT2D eigenvalue weighted by Crippen LogP contribution is -2.34. The van der Waals surface area contributed by atoms with Crippen LogP contribution in [0.1, 0.15) is 10.4 Å². The second-order valence-electron chi connectivity index (χ2n) is 5.66. The highest BCUT2D eigenvalue weighted by atomic mass is 16.5. The van der Waals surface area contributed by atoms with Crippen molar-refractivity contribution in [2.75, 3.05) is 7.11 Å². The first-order valence-electron chi connectivity index (χ1n) is 7.69. The molecule has 2 aromatic carbocycles. The van der Waals surface area contributed by atoms with Crippen LogP contribution in [0.3, 0.4) is 0 Å². The fourth-order valence-corrected chi connectivity index (χ4v) is 3.03. The summed E-state index contributed by atoms with van der Waals surface area (Å²) in [4.78, 5) is 27.8. The topological polar surface area (TPSA) is 70.4 Å². The number of fused-ring (bicyclic) bond motifs is 3. The van der Waals surface area contributed by atoms with Crippen molar-refractivity contribution in [2.24, 2.45) is 0 Å². The minimum atomic E-state index is -0.437. The van der Waals surface area contributed by atoms with Gasteiger partial charge in [-0.15, -0.1) is 0 Å². The number of benzene rings is 2. The van der Waals surface area contributed by atoms with Crippen LogP contribution in [0.25, 0.3) is 34.2 Å². The zero-order valence-corrected chi connectivity index (χ0v) is 13.4. The molecule has 0 bridgehead atoms. The summed E-state index contributed by atoms with van der Waals surface area (Å²) in [6.07, 6.45) is 6.44. The first-order chi connectivity index (χ1) is 12.2. The smallest absolute Gasteiger partial charge is 0.338 e. The van der Waals surface area contributed by atoms with E-state index in [1.165, 1.54) is 13.2 Å². The second kappa shape index (κ2) is 5.87. The van der Waals surface area contributed by atoms with Crippen LogP contribution in [-0.4, -0.2) is 24.0 Å². The van der Waals surface area contributed by atoms with Crippen molar-refractivity contribution < 1.29 is 14.3 Å². The lowest BCUT2D eigenvalue weighted by Gasteiger charge is -2.11. The summed E-state index contributed by atoms with van der Waals surface area (Å²) in [5, 5.41) is 6.97. The highest BCUT2D eigenvalue weighted by Gasteiger charge is 2.15. The number of carbonyl (C=O) groups is 2. The highest BCUT2D eigenvalue weighted by Crippen LogP contribution is 2.24. The van der Waals surface area contributed by atoms with Crippen molar-refractivity contribution >= 4 is 34.9 Å². The average molecular weight is 329 g/mol. The van der Waals surface area contributed by atoms with Gasteiger partial charge in [-0.05, 0) is 51.4 Å². The Morgan fingerprint density at radius 3 is 2.56 bits per heavy atom. The minimum absolute atomic E-state index is 0.340. The molecule has 1 aliphatic heterocycles. The Bertz CT molecular complexity index is 1140. The maximum absolute atomic E-state index is 12.2. The van der Waals surface area contributed by atoms with Crippen molar-refractivity contribution in [3.8, 4) is 11.1 Å². The number of hydrogen-bond donors (Lipinski definition) is 0. The van der Waals surface area contributed by atoms with Crippen LogP contribution in [0.4, 0.5) is 0 Å². The molecule has 3 aromatic rings. The molecule has 0 unspecified atom stereocenters. The van der Waals surface area contributed by atoms with Crippen molar-refractivity contribution in [2.45, 2.75) is 0 Å². The molecular formula is C20H13N2O3. The van der Waals surface area contributed by atoms with Gasteiger partial charge >= 0.3 is 5.97 Å². The molecule has 0 aliphatic carbocycles. The van der Waals surface area contributed by atoms with Gasteiger partial charge in [-0.1, -0.05) is 12.1 Å². The van der Waals surface area contributed by atoms with Gasteiger partial charge in [0, 0.05) is 29.9 Å². The van der Waals surface area contributed by atoms with E-state index in [2.05, 4.69) is 10.3 Å². The van der Waals surface area contributed by atoms with E-state index >= 15 is 0 Å². The third kappa shape index (κ3) is 2.55. The molecule has 25 heavy (non-hydrogen) atoms. The van der Waals surface area contributed by atoms with Crippen LogP contribution in [0.15, 0.2) is 48.8 Å². The summed E-state index contributed by atoms with van der Waals surface area (Å²) in [6.45, 7) is 0. The van der Waals surface area contributed by atoms with Crippen LogP contribution in [0.2, 0.25) is 0 Å². The van der Waals surface area contributed by atoms with Crippen LogP contribution in [0, 0.1) is 0 Å². The number of ether oxygens (including phenoxy) is 1. The standard InChI is InChI=1S/C20H13N2O3/c1-25-20(24)17-9-14-10-19(23)22-11-18(14)16-8-13(2-3-15(16)17)12-4-6-21-7-5-12/h2-11H,1H3. The number of pyridine rings is 1. The summed E-state index contributed by atoms with van der Waals surface area (Å²) in [6, 6.07) is 11.3. The van der Waals surface area contributed by atoms with Gasteiger partial charge in [0.1, 0.15) is 0 Å². The Morgan fingerprint density at radius 1 is 1.00 bits per heavy atom. The summed E-state index contributed by atoms with van der Waals surface area (Å²) in [7, 11) is 1.34. The van der Waals surface area contributed by atoms with E-state index in [1.807, 2.05) is 30.3 Å². The Kier molecular flexibility index (Phi) is 3.54. The van der Waals surface area contributed by atoms with Gasteiger partial charge < -0.3 is 4.74 Å². The summed E-state index contributed by atoms with van der Waals surface area (Å²) in [5.41, 5.74) is 2.43. The molecule has 0 atom stereocenters. The van der Waals surface area contributed by atoms with Crippen molar-refractivity contribution in [3.05, 3.63) is 64.8 Å². The molecule has 4 rings (SSSR count). The fourth-order valence-electron chi connectivity index (χ4n) is 3.03. The Labute approximate surface area is 143 Å². The molecule has 0 saturated heterocycles. The van der Waals surface area contributed by atoms with Gasteiger partial charge in [-0.25, -0.2) is 10.1 Å². The first kappa shape index (κ1) is 15.1. The molecule has 5 nitrogen and oxygen atoms in total. The normalized spacial score (nSPS) is 12.6. The maximum Gasteiger partial charge on any atom is 0.338 e. The molecule has 1 radical (unpaired) electrons. The molecule has 0 N–H and O–H groups in total. The molecule has 1 aliphatic rings. The quantitative estimate of drug-likeness (QED) is 0.666. The molecule has 0 saturated carbocycles. The Morgan fingerprint density at radius 2 is 1.80 bits per heavy atom. The van der Waals surface area contributed by atoms with Crippen molar-refractivity contribution in [1.29, 1.82) is 0 Å². The predicted octanol–water partition coefficient (Wildman–Crippen LogP) is 1.35. The zero-order chi connectivity index (χ0) is 17.4. The molecule has 0 spiro atoms. The number of methoxy groups -OCH3 is 1. The number of aromatic nitrogens is 1. The SMILES string of the molecule is COC(=O)c1cc2c(c3cc(-c4ccncc4)ccc13)=C[N]C(=O)C=2. The van der Waals surface area contributed by atoms with E-state index in [1.54, 1.807) is 24.7 Å². The van der Waals surface area contributed by atoms with Gasteiger partial charge in [0.2, 0.25) is 0 Å². The largest absolute Gasteiger partial charge is 0.465 e. The molecule has 0 fully saturated rings. The van der Waals surface area contributed by atoms with Crippen molar-refractivity contribution in [3.63, 3.8) is 0 Å². The number of amides is 1. The summed E-state index contributed by atoms with van der Waals surface area (Å²) < 4.78 is 4.90. The molecule has 121 valence electrons. The lowest BCUT2D eigenvalue weighted by atomic mass is 9.96. The van der Waals surface area contributed by atoms with Crippen molar-refractivity contribution in [1.82, 2.24) is 10.3 Å². The molecule has 1 aromatic heterocycles. The number of hydrogen-bond acceptors (Lipinski definition) is 4. The number of rotatable bonds is 2. The molecular weight excluding hydrogens is 316 g/mol. The monoisotopic (exact) mass is 329 g/mol. The first-order valence-corrected chi connectivity index (χ1v) is 7.69. The second-order valence-corrected chi connectivity index (χ2v) is 5.66. The van der Waals surface area contributed by atoms with E-state index in [9.17, 15) is 9.59 Å². The van der Waals surface area contributed by atoms with E-state index in [-0.39, 0.29) is 5.91 Å². The van der Waals surface area contributed by atoms with Gasteiger partial charge in [-0.2, -0.15) is 0 Å². The van der Waals surface area contributed by atoms with E-state index < -0.39 is 5.97 Å². The van der Waals surface area contributed by atoms with Crippen LogP contribution in [0.5, 0.6) is 0 Å². The van der Waals surface area contributed by atoms with Gasteiger partial charge in [0.05, 0.1) is 12.7 Å². The molecule has 5 heteroatoms. The van der Waals surface area contributed by atoms with Gasteiger partial charge in [0.25, 0.3) is 5.91 Å². The average Bonchev–Trinajstić information content (AvgIpc) is 2.66. The van der Waals surface area contributed by atoms with E-state index in [4.69, 9.17) is 4.74 Å². The van der Waals surface area contributed by atoms with Crippen LogP contribution < -0.4 is 15.8 Å². The van der Waals surface area contributed by atoms with E-state index in [0.29, 0.717) is 10.8 Å². The predicted molar refractivity (Wildman–Crippen MR) is 93.8 cm³/mol. The van der Waals surface area contributed by atoms with Gasteiger partial charge in [0.15, 0.2) is 0 Å².